The van der Waals surface area contributed by atoms with Crippen LogP contribution in [0.4, 0.5) is 11.6 Å². The van der Waals surface area contributed by atoms with Crippen molar-refractivity contribution >= 4 is 11.6 Å². The molecule has 6 nitrogen and oxygen atoms in total. The fourth-order valence-corrected chi connectivity index (χ4v) is 1.53. The van der Waals surface area contributed by atoms with Gasteiger partial charge in [0.1, 0.15) is 6.07 Å². The standard InChI is InChI=1S/C13H16N6/c1-10(2)5-7-19-8-6-13(18-19)15-12-4-3-11(9-14)16-17-12/h3-4,6,8,10H,5,7H2,1-2H3,(H,15,17,18). The predicted octanol–water partition coefficient (Wildman–Crippen LogP) is 2.33. The van der Waals surface area contributed by atoms with E-state index in [1.54, 1.807) is 12.1 Å². The third kappa shape index (κ3) is 3.78. The third-order valence-electron chi connectivity index (χ3n) is 2.61. The first-order valence-corrected chi connectivity index (χ1v) is 6.21. The van der Waals surface area contributed by atoms with E-state index in [9.17, 15) is 0 Å². The molecule has 0 aliphatic carbocycles. The van der Waals surface area contributed by atoms with Crippen LogP contribution in [-0.2, 0) is 6.54 Å². The lowest BCUT2D eigenvalue weighted by atomic mass is 10.1. The summed E-state index contributed by atoms with van der Waals surface area (Å²) in [7, 11) is 0. The van der Waals surface area contributed by atoms with Gasteiger partial charge in [-0.15, -0.1) is 10.2 Å². The number of hydrogen-bond acceptors (Lipinski definition) is 5. The second kappa shape index (κ2) is 5.96. The number of nitriles is 1. The molecule has 1 N–H and O–H groups in total. The molecular formula is C13H16N6. The van der Waals surface area contributed by atoms with Crippen molar-refractivity contribution in [2.24, 2.45) is 5.92 Å². The van der Waals surface area contributed by atoms with E-state index in [1.807, 2.05) is 23.0 Å². The van der Waals surface area contributed by atoms with Gasteiger partial charge in [0.05, 0.1) is 0 Å². The normalized spacial score (nSPS) is 10.4. The van der Waals surface area contributed by atoms with Crippen molar-refractivity contribution in [1.29, 1.82) is 5.26 Å². The lowest BCUT2D eigenvalue weighted by molar-refractivity contribution is 0.488. The summed E-state index contributed by atoms with van der Waals surface area (Å²) in [6.07, 6.45) is 3.03. The molecule has 0 saturated carbocycles. The molecule has 0 aliphatic heterocycles. The van der Waals surface area contributed by atoms with Crippen molar-refractivity contribution in [2.75, 3.05) is 5.32 Å². The maximum absolute atomic E-state index is 8.64. The molecule has 6 heteroatoms. The first kappa shape index (κ1) is 13.0. The van der Waals surface area contributed by atoms with Crippen LogP contribution >= 0.6 is 0 Å². The Kier molecular flexibility index (Phi) is 4.08. The van der Waals surface area contributed by atoms with Gasteiger partial charge in [0.25, 0.3) is 0 Å². The molecule has 0 aliphatic rings. The van der Waals surface area contributed by atoms with Crippen molar-refractivity contribution in [1.82, 2.24) is 20.0 Å². The summed E-state index contributed by atoms with van der Waals surface area (Å²) in [5.74, 6) is 1.96. The molecule has 0 atom stereocenters. The van der Waals surface area contributed by atoms with Gasteiger partial charge in [-0.3, -0.25) is 4.68 Å². The molecule has 0 radical (unpaired) electrons. The van der Waals surface area contributed by atoms with E-state index in [1.165, 1.54) is 0 Å². The summed E-state index contributed by atoms with van der Waals surface area (Å²) < 4.78 is 1.90. The Bertz CT molecular complexity index is 564. The molecule has 98 valence electrons. The molecule has 2 rings (SSSR count). The van der Waals surface area contributed by atoms with Crippen LogP contribution in [0, 0.1) is 17.2 Å². The summed E-state index contributed by atoms with van der Waals surface area (Å²) in [4.78, 5) is 0. The Morgan fingerprint density at radius 3 is 2.74 bits per heavy atom. The van der Waals surface area contributed by atoms with Crippen LogP contribution in [0.5, 0.6) is 0 Å². The van der Waals surface area contributed by atoms with E-state index in [4.69, 9.17) is 5.26 Å². The summed E-state index contributed by atoms with van der Waals surface area (Å²) >= 11 is 0. The number of anilines is 2. The third-order valence-corrected chi connectivity index (χ3v) is 2.61. The van der Waals surface area contributed by atoms with E-state index in [0.29, 0.717) is 17.4 Å². The summed E-state index contributed by atoms with van der Waals surface area (Å²) in [5.41, 5.74) is 0.299. The van der Waals surface area contributed by atoms with Gasteiger partial charge < -0.3 is 5.32 Å². The van der Waals surface area contributed by atoms with Crippen molar-refractivity contribution in [3.05, 3.63) is 30.1 Å². The number of aryl methyl sites for hydroxylation is 1. The Hall–Kier alpha value is -2.42. The number of rotatable bonds is 5. The van der Waals surface area contributed by atoms with Crippen LogP contribution in [0.3, 0.4) is 0 Å². The lowest BCUT2D eigenvalue weighted by Crippen LogP contribution is -2.03. The molecule has 2 aromatic heterocycles. The number of nitrogens with one attached hydrogen (secondary N) is 1. The molecule has 0 unspecified atom stereocenters. The average Bonchev–Trinajstić information content (AvgIpc) is 2.85. The maximum atomic E-state index is 8.64. The average molecular weight is 256 g/mol. The van der Waals surface area contributed by atoms with Crippen LogP contribution < -0.4 is 5.32 Å². The van der Waals surface area contributed by atoms with Gasteiger partial charge in [0, 0.05) is 18.8 Å². The van der Waals surface area contributed by atoms with Crippen molar-refractivity contribution in [2.45, 2.75) is 26.8 Å². The number of aromatic nitrogens is 4. The molecule has 2 aromatic rings. The Morgan fingerprint density at radius 2 is 2.11 bits per heavy atom. The molecule has 0 aromatic carbocycles. The van der Waals surface area contributed by atoms with E-state index in [-0.39, 0.29) is 0 Å². The minimum absolute atomic E-state index is 0.299. The smallest absolute Gasteiger partial charge is 0.163 e. The highest BCUT2D eigenvalue weighted by atomic mass is 15.3. The minimum atomic E-state index is 0.299. The second-order valence-electron chi connectivity index (χ2n) is 4.69. The topological polar surface area (TPSA) is 79.4 Å². The van der Waals surface area contributed by atoms with Crippen LogP contribution in [0.25, 0.3) is 0 Å². The van der Waals surface area contributed by atoms with E-state index in [0.717, 1.165) is 18.8 Å². The van der Waals surface area contributed by atoms with Crippen LogP contribution in [0.1, 0.15) is 26.0 Å². The Morgan fingerprint density at radius 1 is 1.26 bits per heavy atom. The van der Waals surface area contributed by atoms with Gasteiger partial charge in [0.15, 0.2) is 17.3 Å². The number of nitrogens with zero attached hydrogens (tertiary/aromatic N) is 5. The summed E-state index contributed by atoms with van der Waals surface area (Å²) in [6, 6.07) is 7.14. The molecule has 2 heterocycles. The van der Waals surface area contributed by atoms with Crippen LogP contribution in [0.2, 0.25) is 0 Å². The fourth-order valence-electron chi connectivity index (χ4n) is 1.53. The molecule has 0 fully saturated rings. The highest BCUT2D eigenvalue weighted by Gasteiger charge is 2.02. The Labute approximate surface area is 112 Å². The van der Waals surface area contributed by atoms with Crippen molar-refractivity contribution in [3.8, 4) is 6.07 Å². The molecule has 0 bridgehead atoms. The van der Waals surface area contributed by atoms with Crippen LogP contribution in [-0.4, -0.2) is 20.0 Å². The molecule has 0 spiro atoms. The van der Waals surface area contributed by atoms with Gasteiger partial charge in [-0.05, 0) is 24.5 Å². The SMILES string of the molecule is CC(C)CCn1ccc(Nc2ccc(C#N)nn2)n1. The van der Waals surface area contributed by atoms with Crippen molar-refractivity contribution in [3.63, 3.8) is 0 Å². The predicted molar refractivity (Wildman–Crippen MR) is 71.7 cm³/mol. The second-order valence-corrected chi connectivity index (χ2v) is 4.69. The first-order valence-electron chi connectivity index (χ1n) is 6.21. The van der Waals surface area contributed by atoms with E-state index < -0.39 is 0 Å². The zero-order chi connectivity index (χ0) is 13.7. The molecule has 0 amide bonds. The van der Waals surface area contributed by atoms with Crippen LogP contribution in [0.15, 0.2) is 24.4 Å². The van der Waals surface area contributed by atoms with E-state index in [2.05, 4.69) is 34.5 Å². The minimum Gasteiger partial charge on any atom is -0.322 e. The zero-order valence-corrected chi connectivity index (χ0v) is 11.0. The highest BCUT2D eigenvalue weighted by molar-refractivity contribution is 5.50. The molecule has 19 heavy (non-hydrogen) atoms. The molecular weight excluding hydrogens is 240 g/mol. The maximum Gasteiger partial charge on any atom is 0.163 e. The fraction of sp³-hybridized carbons (Fsp3) is 0.385. The van der Waals surface area contributed by atoms with Gasteiger partial charge >= 0.3 is 0 Å². The van der Waals surface area contributed by atoms with Gasteiger partial charge in [-0.2, -0.15) is 10.4 Å². The van der Waals surface area contributed by atoms with E-state index >= 15 is 0 Å². The lowest BCUT2D eigenvalue weighted by Gasteiger charge is -2.04. The Balaban J connectivity index is 1.97. The van der Waals surface area contributed by atoms with Gasteiger partial charge in [0.2, 0.25) is 0 Å². The molecule has 0 saturated heterocycles. The monoisotopic (exact) mass is 256 g/mol. The van der Waals surface area contributed by atoms with Crippen molar-refractivity contribution < 1.29 is 0 Å². The van der Waals surface area contributed by atoms with Gasteiger partial charge in [-0.25, -0.2) is 0 Å². The first-order chi connectivity index (χ1) is 9.17. The highest BCUT2D eigenvalue weighted by Crippen LogP contribution is 2.11. The number of hydrogen-bond donors (Lipinski definition) is 1. The quantitative estimate of drug-likeness (QED) is 0.888. The summed E-state index contributed by atoms with van der Waals surface area (Å²) in [6.45, 7) is 5.28. The zero-order valence-electron chi connectivity index (χ0n) is 11.0. The largest absolute Gasteiger partial charge is 0.322 e. The summed E-state index contributed by atoms with van der Waals surface area (Å²) in [5, 5.41) is 23.7. The van der Waals surface area contributed by atoms with Gasteiger partial charge in [-0.1, -0.05) is 13.8 Å².